The molecule has 0 saturated carbocycles. The van der Waals surface area contributed by atoms with Crippen LogP contribution in [0.4, 0.5) is 4.79 Å². The minimum atomic E-state index is -1.41. The Hall–Kier alpha value is -4.17. The van der Waals surface area contributed by atoms with E-state index in [2.05, 4.69) is 22.8 Å². The molecule has 3 N–H and O–H groups in total. The van der Waals surface area contributed by atoms with Crippen molar-refractivity contribution in [3.63, 3.8) is 0 Å². The Kier molecular flexibility index (Phi) is 7.65. The number of fused-ring (bicyclic) bond motifs is 3. The molecular weight excluding hydrogens is 494 g/mol. The number of ether oxygens (including phenoxy) is 1. The number of alkyl carbamates (subject to hydrolysis) is 1. The van der Waals surface area contributed by atoms with Gasteiger partial charge in [0.15, 0.2) is 5.54 Å². The number of likely N-dealkylation sites (tertiary alicyclic amines) is 1. The molecule has 3 aromatic carbocycles. The van der Waals surface area contributed by atoms with E-state index >= 15 is 0 Å². The van der Waals surface area contributed by atoms with Gasteiger partial charge in [-0.15, -0.1) is 0 Å². The van der Waals surface area contributed by atoms with Crippen LogP contribution in [0, 0.1) is 0 Å². The monoisotopic (exact) mass is 527 g/mol. The van der Waals surface area contributed by atoms with Crippen molar-refractivity contribution in [2.75, 3.05) is 19.7 Å². The topological polar surface area (TPSA) is 108 Å². The maximum Gasteiger partial charge on any atom is 0.407 e. The molecule has 1 aliphatic heterocycles. The van der Waals surface area contributed by atoms with E-state index in [-0.39, 0.29) is 25.5 Å². The molecule has 1 heterocycles. The summed E-state index contributed by atoms with van der Waals surface area (Å²) in [6.45, 7) is 3.21. The maximum atomic E-state index is 13.2. The molecule has 5 rings (SSSR count). The van der Waals surface area contributed by atoms with Crippen LogP contribution < -0.4 is 10.6 Å². The van der Waals surface area contributed by atoms with E-state index in [1.165, 1.54) is 0 Å². The molecular formula is C31H33N3O5. The highest BCUT2D eigenvalue weighted by Crippen LogP contribution is 2.44. The van der Waals surface area contributed by atoms with Gasteiger partial charge in [-0.2, -0.15) is 0 Å². The Morgan fingerprint density at radius 2 is 1.59 bits per heavy atom. The number of nitrogens with one attached hydrogen (secondary N) is 2. The second kappa shape index (κ2) is 11.3. The highest BCUT2D eigenvalue weighted by atomic mass is 16.5. The molecule has 1 aliphatic carbocycles. The Morgan fingerprint density at radius 1 is 0.974 bits per heavy atom. The number of aliphatic carboxylic acids is 1. The Morgan fingerprint density at radius 3 is 2.21 bits per heavy atom. The minimum Gasteiger partial charge on any atom is -0.479 e. The summed E-state index contributed by atoms with van der Waals surface area (Å²) in [4.78, 5) is 40.2. The zero-order valence-electron chi connectivity index (χ0n) is 21.9. The zero-order valence-corrected chi connectivity index (χ0v) is 21.9. The first-order valence-electron chi connectivity index (χ1n) is 13.3. The lowest BCUT2D eigenvalue weighted by Crippen LogP contribution is -2.60. The van der Waals surface area contributed by atoms with E-state index in [0.717, 1.165) is 27.8 Å². The number of carboxylic acids is 1. The van der Waals surface area contributed by atoms with Crippen LogP contribution in [0.5, 0.6) is 0 Å². The van der Waals surface area contributed by atoms with Gasteiger partial charge >= 0.3 is 12.1 Å². The summed E-state index contributed by atoms with van der Waals surface area (Å²) in [6.07, 6.45) is -0.137. The average molecular weight is 528 g/mol. The fourth-order valence-corrected chi connectivity index (χ4v) is 5.65. The Labute approximate surface area is 228 Å². The quantitative estimate of drug-likeness (QED) is 0.386. The molecule has 1 saturated heterocycles. The van der Waals surface area contributed by atoms with Crippen LogP contribution in [0.15, 0.2) is 78.9 Å². The van der Waals surface area contributed by atoms with Crippen LogP contribution in [-0.2, 0) is 20.9 Å². The van der Waals surface area contributed by atoms with Gasteiger partial charge in [-0.3, -0.25) is 9.69 Å². The number of carbonyl (C=O) groups is 3. The Bertz CT molecular complexity index is 1320. The summed E-state index contributed by atoms with van der Waals surface area (Å²) < 4.78 is 5.59. The van der Waals surface area contributed by atoms with Gasteiger partial charge in [0.1, 0.15) is 12.6 Å². The van der Waals surface area contributed by atoms with Gasteiger partial charge in [0.25, 0.3) is 0 Å². The van der Waals surface area contributed by atoms with E-state index in [9.17, 15) is 19.5 Å². The third-order valence-corrected chi connectivity index (χ3v) is 7.73. The van der Waals surface area contributed by atoms with E-state index in [1.807, 2.05) is 71.6 Å². The van der Waals surface area contributed by atoms with Crippen molar-refractivity contribution in [1.82, 2.24) is 15.5 Å². The van der Waals surface area contributed by atoms with Crippen molar-refractivity contribution >= 4 is 18.0 Å². The smallest absolute Gasteiger partial charge is 0.407 e. The lowest BCUT2D eigenvalue weighted by Gasteiger charge is -2.28. The van der Waals surface area contributed by atoms with Gasteiger partial charge in [0.2, 0.25) is 5.91 Å². The van der Waals surface area contributed by atoms with E-state index in [0.29, 0.717) is 19.5 Å². The van der Waals surface area contributed by atoms with Crippen LogP contribution in [-0.4, -0.2) is 59.3 Å². The second-order valence-corrected chi connectivity index (χ2v) is 10.3. The molecule has 0 aromatic heterocycles. The number of carbonyl (C=O) groups excluding carboxylic acids is 2. The molecule has 3 aromatic rings. The first-order valence-corrected chi connectivity index (χ1v) is 13.3. The lowest BCUT2D eigenvalue weighted by atomic mass is 9.98. The van der Waals surface area contributed by atoms with Crippen LogP contribution in [0.2, 0.25) is 0 Å². The van der Waals surface area contributed by atoms with E-state index in [4.69, 9.17) is 4.74 Å². The number of hydrogen-bond donors (Lipinski definition) is 3. The second-order valence-electron chi connectivity index (χ2n) is 10.3. The number of carboxylic acid groups (broad SMARTS) is 1. The minimum absolute atomic E-state index is 0.0959. The summed E-state index contributed by atoms with van der Waals surface area (Å²) in [6, 6.07) is 25.0. The SMILES string of the molecule is CC[C@@H](NC(=O)OCC1c2ccccc2-c2ccccc21)C(=O)NC1(C(=O)O)CCN(Cc2ccccc2)C1. The molecule has 39 heavy (non-hydrogen) atoms. The van der Waals surface area contributed by atoms with Crippen molar-refractivity contribution in [2.45, 2.75) is 43.8 Å². The predicted molar refractivity (Wildman–Crippen MR) is 147 cm³/mol. The van der Waals surface area contributed by atoms with Crippen LogP contribution in [0.25, 0.3) is 11.1 Å². The summed E-state index contributed by atoms with van der Waals surface area (Å²) in [5.74, 6) is -1.71. The summed E-state index contributed by atoms with van der Waals surface area (Å²) in [5, 5.41) is 15.4. The van der Waals surface area contributed by atoms with Gasteiger partial charge in [0, 0.05) is 25.6 Å². The molecule has 1 unspecified atom stereocenters. The van der Waals surface area contributed by atoms with Crippen LogP contribution in [0.3, 0.4) is 0 Å². The molecule has 2 amide bonds. The van der Waals surface area contributed by atoms with Crippen LogP contribution >= 0.6 is 0 Å². The average Bonchev–Trinajstić information content (AvgIpc) is 3.50. The van der Waals surface area contributed by atoms with E-state index < -0.39 is 29.6 Å². The van der Waals surface area contributed by atoms with Crippen molar-refractivity contribution in [3.05, 3.63) is 95.6 Å². The van der Waals surface area contributed by atoms with E-state index in [1.54, 1.807) is 6.92 Å². The van der Waals surface area contributed by atoms with Crippen molar-refractivity contribution in [2.24, 2.45) is 0 Å². The standard InChI is InChI=1S/C31H33N3O5/c1-2-27(28(35)33-31(29(36)37)16-17-34(20-31)18-21-10-4-3-5-11-21)32-30(38)39-19-26-24-14-8-6-12-22(24)23-13-7-9-15-25(23)26/h3-15,26-27H,2,16-20H2,1H3,(H,32,38)(H,33,35)(H,36,37)/t27-,31?/m1/s1. The third-order valence-electron chi connectivity index (χ3n) is 7.73. The third kappa shape index (κ3) is 5.52. The molecule has 0 spiro atoms. The first-order chi connectivity index (χ1) is 18.9. The fourth-order valence-electron chi connectivity index (χ4n) is 5.65. The fraction of sp³-hybridized carbons (Fsp3) is 0.323. The van der Waals surface area contributed by atoms with Gasteiger partial charge in [-0.25, -0.2) is 9.59 Å². The van der Waals surface area contributed by atoms with Crippen molar-refractivity contribution in [3.8, 4) is 11.1 Å². The van der Waals surface area contributed by atoms with Gasteiger partial charge in [-0.1, -0.05) is 85.8 Å². The highest BCUT2D eigenvalue weighted by molar-refractivity contribution is 5.91. The first kappa shape index (κ1) is 26.4. The highest BCUT2D eigenvalue weighted by Gasteiger charge is 2.47. The van der Waals surface area contributed by atoms with Gasteiger partial charge < -0.3 is 20.5 Å². The largest absolute Gasteiger partial charge is 0.479 e. The summed E-state index contributed by atoms with van der Waals surface area (Å²) in [5.41, 5.74) is 4.12. The number of amides is 2. The Balaban J connectivity index is 1.19. The predicted octanol–water partition coefficient (Wildman–Crippen LogP) is 4.15. The lowest BCUT2D eigenvalue weighted by molar-refractivity contribution is -0.147. The van der Waals surface area contributed by atoms with Crippen LogP contribution in [0.1, 0.15) is 42.4 Å². The molecule has 8 nitrogen and oxygen atoms in total. The summed E-state index contributed by atoms with van der Waals surface area (Å²) >= 11 is 0. The molecule has 2 aliphatic rings. The normalized spacial score (nSPS) is 19.1. The number of benzene rings is 3. The molecule has 8 heteroatoms. The van der Waals surface area contributed by atoms with Gasteiger partial charge in [0.05, 0.1) is 0 Å². The zero-order chi connectivity index (χ0) is 27.4. The number of nitrogens with zero attached hydrogens (tertiary/aromatic N) is 1. The molecule has 202 valence electrons. The molecule has 2 atom stereocenters. The van der Waals surface area contributed by atoms with Crippen molar-refractivity contribution in [1.29, 1.82) is 0 Å². The van der Waals surface area contributed by atoms with Crippen molar-refractivity contribution < 1.29 is 24.2 Å². The molecule has 0 radical (unpaired) electrons. The number of rotatable bonds is 9. The maximum absolute atomic E-state index is 13.2. The summed E-state index contributed by atoms with van der Waals surface area (Å²) in [7, 11) is 0. The number of hydrogen-bond acceptors (Lipinski definition) is 5. The molecule has 0 bridgehead atoms. The molecule has 1 fully saturated rings. The van der Waals surface area contributed by atoms with Gasteiger partial charge in [-0.05, 0) is 40.7 Å².